The molecule has 2 heterocycles. The summed E-state index contributed by atoms with van der Waals surface area (Å²) in [6.07, 6.45) is -3.14. The van der Waals surface area contributed by atoms with E-state index < -0.39 is 42.1 Å². The van der Waals surface area contributed by atoms with Gasteiger partial charge in [0.1, 0.15) is 12.1 Å². The molecule has 3 amide bonds. The quantitative estimate of drug-likeness (QED) is 0.479. The number of amides is 3. The highest BCUT2D eigenvalue weighted by molar-refractivity contribution is 5.91. The summed E-state index contributed by atoms with van der Waals surface area (Å²) in [7, 11) is 0. The molecule has 0 spiro atoms. The van der Waals surface area contributed by atoms with Gasteiger partial charge in [0.25, 0.3) is 0 Å². The monoisotopic (exact) mass is 567 g/mol. The summed E-state index contributed by atoms with van der Waals surface area (Å²) in [6.45, 7) is 10.2. The van der Waals surface area contributed by atoms with E-state index in [2.05, 4.69) is 25.3 Å². The number of benzene rings is 1. The summed E-state index contributed by atoms with van der Waals surface area (Å²) in [5.41, 5.74) is 0.769. The van der Waals surface area contributed by atoms with Crippen LogP contribution in [0.25, 0.3) is 11.4 Å². The number of rotatable bonds is 8. The lowest BCUT2D eigenvalue weighted by atomic mass is 9.88. The second-order valence-electron chi connectivity index (χ2n) is 11.2. The zero-order valence-electron chi connectivity index (χ0n) is 23.3. The Morgan fingerprint density at radius 3 is 2.42 bits per heavy atom. The highest BCUT2D eigenvalue weighted by Gasteiger charge is 2.39. The third-order valence-corrected chi connectivity index (χ3v) is 6.55. The molecule has 3 rings (SSSR count). The van der Waals surface area contributed by atoms with Gasteiger partial charge in [-0.15, -0.1) is 0 Å². The lowest BCUT2D eigenvalue weighted by Crippen LogP contribution is -2.56. The summed E-state index contributed by atoms with van der Waals surface area (Å²) in [6, 6.07) is 4.63. The van der Waals surface area contributed by atoms with Gasteiger partial charge in [-0.2, -0.15) is 18.2 Å². The highest BCUT2D eigenvalue weighted by Crippen LogP contribution is 2.29. The molecule has 2 N–H and O–H groups in total. The summed E-state index contributed by atoms with van der Waals surface area (Å²) >= 11 is 0. The highest BCUT2D eigenvalue weighted by atomic mass is 19.4. The standard InChI is InChI=1S/C27H36F3N5O5/c1-6-17-11-12-35(25(38)39-15-26(3,4)5)20(13-17)23(37)32-16(2)22(36)31-14-18-7-9-19(10-8-18)21-33-24(40-34-21)27(28,29)30/h7-10,16-17,20H,6,11-15H2,1-5H3,(H,31,36)(H,32,37)/t16-,17-,20+/m0/s1. The van der Waals surface area contributed by atoms with Gasteiger partial charge in [0.05, 0.1) is 6.61 Å². The van der Waals surface area contributed by atoms with Crippen LogP contribution in [0.2, 0.25) is 0 Å². The van der Waals surface area contributed by atoms with Crippen molar-refractivity contribution in [2.45, 2.75) is 78.7 Å². The molecule has 1 aromatic heterocycles. The van der Waals surface area contributed by atoms with E-state index in [1.165, 1.54) is 17.0 Å². The van der Waals surface area contributed by atoms with Crippen LogP contribution in [0.4, 0.5) is 18.0 Å². The Balaban J connectivity index is 1.55. The van der Waals surface area contributed by atoms with Crippen molar-refractivity contribution in [2.75, 3.05) is 13.2 Å². The number of ether oxygens (including phenoxy) is 1. The fourth-order valence-corrected chi connectivity index (χ4v) is 4.18. The molecule has 1 aliphatic rings. The number of nitrogens with one attached hydrogen (secondary N) is 2. The molecule has 1 saturated heterocycles. The van der Waals surface area contributed by atoms with E-state index >= 15 is 0 Å². The van der Waals surface area contributed by atoms with Crippen molar-refractivity contribution < 1.29 is 36.8 Å². The fourth-order valence-electron chi connectivity index (χ4n) is 4.18. The topological polar surface area (TPSA) is 127 Å². The van der Waals surface area contributed by atoms with E-state index in [1.54, 1.807) is 19.1 Å². The van der Waals surface area contributed by atoms with Crippen LogP contribution >= 0.6 is 0 Å². The fraction of sp³-hybridized carbons (Fsp3) is 0.593. The third-order valence-electron chi connectivity index (χ3n) is 6.55. The Hall–Kier alpha value is -3.64. The molecule has 40 heavy (non-hydrogen) atoms. The first-order chi connectivity index (χ1) is 18.7. The van der Waals surface area contributed by atoms with Crippen molar-refractivity contribution in [3.8, 4) is 11.4 Å². The second-order valence-corrected chi connectivity index (χ2v) is 11.2. The van der Waals surface area contributed by atoms with E-state index in [0.29, 0.717) is 24.1 Å². The minimum Gasteiger partial charge on any atom is -0.449 e. The van der Waals surface area contributed by atoms with Gasteiger partial charge in [0.2, 0.25) is 17.6 Å². The molecule has 0 unspecified atom stereocenters. The molecule has 10 nitrogen and oxygen atoms in total. The molecule has 1 aliphatic heterocycles. The molecule has 1 fully saturated rings. The Labute approximate surface area is 231 Å². The largest absolute Gasteiger partial charge is 0.471 e. The van der Waals surface area contributed by atoms with Gasteiger partial charge >= 0.3 is 18.2 Å². The molecule has 13 heteroatoms. The van der Waals surface area contributed by atoms with Crippen molar-refractivity contribution in [3.63, 3.8) is 0 Å². The number of likely N-dealkylation sites (tertiary alicyclic amines) is 1. The number of alkyl halides is 3. The van der Waals surface area contributed by atoms with Gasteiger partial charge in [-0.05, 0) is 36.7 Å². The number of piperidine rings is 1. The number of carbonyl (C=O) groups is 3. The van der Waals surface area contributed by atoms with E-state index in [-0.39, 0.29) is 30.3 Å². The summed E-state index contributed by atoms with van der Waals surface area (Å²) in [5, 5.41) is 8.78. The van der Waals surface area contributed by atoms with Crippen LogP contribution in [0, 0.1) is 11.3 Å². The van der Waals surface area contributed by atoms with Crippen LogP contribution in [0.5, 0.6) is 0 Å². The van der Waals surface area contributed by atoms with Crippen molar-refractivity contribution in [1.29, 1.82) is 0 Å². The van der Waals surface area contributed by atoms with E-state index in [1.807, 2.05) is 27.7 Å². The smallest absolute Gasteiger partial charge is 0.449 e. The number of nitrogens with zero attached hydrogens (tertiary/aromatic N) is 3. The minimum absolute atomic E-state index is 0.117. The number of carbonyl (C=O) groups excluding carboxylic acids is 3. The van der Waals surface area contributed by atoms with Crippen molar-refractivity contribution in [1.82, 2.24) is 25.7 Å². The average molecular weight is 568 g/mol. The van der Waals surface area contributed by atoms with Gasteiger partial charge in [-0.25, -0.2) is 4.79 Å². The summed E-state index contributed by atoms with van der Waals surface area (Å²) in [4.78, 5) is 43.4. The SMILES string of the molecule is CC[C@H]1CCN(C(=O)OCC(C)(C)C)[C@@H](C(=O)N[C@@H](C)C(=O)NCc2ccc(-c3noc(C(F)(F)F)n3)cc2)C1. The van der Waals surface area contributed by atoms with E-state index in [9.17, 15) is 27.6 Å². The second kappa shape index (κ2) is 12.7. The van der Waals surface area contributed by atoms with Crippen LogP contribution < -0.4 is 10.6 Å². The summed E-state index contributed by atoms with van der Waals surface area (Å²) in [5.74, 6) is -2.21. The van der Waals surface area contributed by atoms with Gasteiger partial charge < -0.3 is 19.9 Å². The zero-order valence-corrected chi connectivity index (χ0v) is 23.3. The van der Waals surface area contributed by atoms with Crippen LogP contribution in [0.15, 0.2) is 28.8 Å². The molecule has 0 saturated carbocycles. The van der Waals surface area contributed by atoms with Crippen LogP contribution in [0.3, 0.4) is 0 Å². The van der Waals surface area contributed by atoms with Gasteiger partial charge in [0, 0.05) is 18.7 Å². The molecule has 1 aromatic carbocycles. The first kappa shape index (κ1) is 30.9. The van der Waals surface area contributed by atoms with Crippen molar-refractivity contribution in [2.24, 2.45) is 11.3 Å². The van der Waals surface area contributed by atoms with Crippen molar-refractivity contribution >= 4 is 17.9 Å². The van der Waals surface area contributed by atoms with Crippen molar-refractivity contribution in [3.05, 3.63) is 35.7 Å². The van der Waals surface area contributed by atoms with E-state index in [4.69, 9.17) is 4.74 Å². The van der Waals surface area contributed by atoms with Crippen LogP contribution in [-0.2, 0) is 27.0 Å². The number of halogens is 3. The average Bonchev–Trinajstić information content (AvgIpc) is 3.41. The van der Waals surface area contributed by atoms with Gasteiger partial charge in [-0.3, -0.25) is 14.5 Å². The number of hydrogen-bond donors (Lipinski definition) is 2. The molecular formula is C27H36F3N5O5. The van der Waals surface area contributed by atoms with Gasteiger partial charge in [-0.1, -0.05) is 63.5 Å². The molecule has 0 aliphatic carbocycles. The molecule has 3 atom stereocenters. The maximum absolute atomic E-state index is 13.2. The van der Waals surface area contributed by atoms with Crippen LogP contribution in [0.1, 0.15) is 65.3 Å². The zero-order chi connectivity index (χ0) is 29.7. The third kappa shape index (κ3) is 8.43. The Bertz CT molecular complexity index is 1180. The molecule has 2 aromatic rings. The lowest BCUT2D eigenvalue weighted by Gasteiger charge is -2.38. The van der Waals surface area contributed by atoms with Crippen LogP contribution in [-0.4, -0.2) is 58.2 Å². The maximum atomic E-state index is 13.2. The van der Waals surface area contributed by atoms with Gasteiger partial charge in [0.15, 0.2) is 0 Å². The normalized spacial score (nSPS) is 18.6. The number of aromatic nitrogens is 2. The minimum atomic E-state index is -4.73. The first-order valence-corrected chi connectivity index (χ1v) is 13.2. The van der Waals surface area contributed by atoms with E-state index in [0.717, 1.165) is 12.8 Å². The lowest BCUT2D eigenvalue weighted by molar-refractivity contribution is -0.159. The molecule has 0 bridgehead atoms. The predicted molar refractivity (Wildman–Crippen MR) is 138 cm³/mol. The maximum Gasteiger partial charge on any atom is 0.471 e. The molecular weight excluding hydrogens is 531 g/mol. The number of hydrogen-bond acceptors (Lipinski definition) is 7. The first-order valence-electron chi connectivity index (χ1n) is 13.2. The molecule has 0 radical (unpaired) electrons. The Kier molecular flexibility index (Phi) is 9.80. The molecule has 220 valence electrons. The predicted octanol–water partition coefficient (Wildman–Crippen LogP) is 4.55. The Morgan fingerprint density at radius 2 is 1.85 bits per heavy atom. The summed E-state index contributed by atoms with van der Waals surface area (Å²) < 4.78 is 47.7. The Morgan fingerprint density at radius 1 is 1.18 bits per heavy atom.